The maximum atomic E-state index is 12.5. The molecule has 2 heterocycles. The molecule has 2 aliphatic rings. The molecular weight excluding hydrogens is 338 g/mol. The first-order valence-corrected chi connectivity index (χ1v) is 10.2. The Bertz CT molecular complexity index is 658. The maximum absolute atomic E-state index is 12.5. The van der Waals surface area contributed by atoms with Gasteiger partial charge < -0.3 is 14.4 Å². The predicted octanol–water partition coefficient (Wildman–Crippen LogP) is 5.67. The zero-order valence-corrected chi connectivity index (χ0v) is 17.3. The van der Waals surface area contributed by atoms with Crippen molar-refractivity contribution in [2.75, 3.05) is 0 Å². The summed E-state index contributed by atoms with van der Waals surface area (Å²) in [5, 5.41) is 0. The molecule has 0 aliphatic carbocycles. The second kappa shape index (κ2) is 7.95. The lowest BCUT2D eigenvalue weighted by Gasteiger charge is -2.39. The van der Waals surface area contributed by atoms with E-state index in [-0.39, 0.29) is 24.3 Å². The van der Waals surface area contributed by atoms with Crippen LogP contribution in [0.5, 0.6) is 5.75 Å². The molecule has 1 amide bonds. The van der Waals surface area contributed by atoms with Crippen molar-refractivity contribution < 1.29 is 14.3 Å². The topological polar surface area (TPSA) is 38.8 Å². The molecule has 2 saturated heterocycles. The average Bonchev–Trinajstić information content (AvgIpc) is 2.84. The fourth-order valence-corrected chi connectivity index (χ4v) is 3.99. The van der Waals surface area contributed by atoms with Gasteiger partial charge in [-0.3, -0.25) is 0 Å². The lowest BCUT2D eigenvalue weighted by atomic mass is 10.00. The normalized spacial score (nSPS) is 25.3. The number of fused-ring (bicyclic) bond motifs is 2. The molecule has 3 atom stereocenters. The number of hydrogen-bond donors (Lipinski definition) is 0. The van der Waals surface area contributed by atoms with Crippen molar-refractivity contribution in [2.45, 2.75) is 84.1 Å². The van der Waals surface area contributed by atoms with Crippen molar-refractivity contribution in [1.29, 1.82) is 0 Å². The molecule has 2 aliphatic heterocycles. The van der Waals surface area contributed by atoms with Crippen molar-refractivity contribution in [2.24, 2.45) is 5.92 Å². The first kappa shape index (κ1) is 19.8. The van der Waals surface area contributed by atoms with E-state index in [2.05, 4.69) is 38.1 Å². The minimum Gasteiger partial charge on any atom is -0.490 e. The summed E-state index contributed by atoms with van der Waals surface area (Å²) in [4.78, 5) is 14.5. The Labute approximate surface area is 163 Å². The van der Waals surface area contributed by atoms with Crippen LogP contribution < -0.4 is 4.74 Å². The van der Waals surface area contributed by atoms with E-state index in [0.29, 0.717) is 5.92 Å². The van der Waals surface area contributed by atoms with Crippen molar-refractivity contribution in [3.05, 3.63) is 35.9 Å². The first-order valence-electron chi connectivity index (χ1n) is 10.2. The molecular formula is C23H33NO3. The van der Waals surface area contributed by atoms with Crippen LogP contribution in [0.1, 0.15) is 65.9 Å². The molecule has 2 bridgehead atoms. The summed E-state index contributed by atoms with van der Waals surface area (Å²) in [5.41, 5.74) is 0.742. The molecule has 4 nitrogen and oxygen atoms in total. The van der Waals surface area contributed by atoms with Crippen LogP contribution in [-0.2, 0) is 4.74 Å². The number of carbonyl (C=O) groups is 1. The van der Waals surface area contributed by atoms with Gasteiger partial charge in [-0.15, -0.1) is 0 Å². The van der Waals surface area contributed by atoms with Crippen LogP contribution in [0.4, 0.5) is 4.79 Å². The van der Waals surface area contributed by atoms with E-state index in [1.165, 1.54) is 5.56 Å². The van der Waals surface area contributed by atoms with Gasteiger partial charge in [-0.1, -0.05) is 38.1 Å². The summed E-state index contributed by atoms with van der Waals surface area (Å²) < 4.78 is 11.8. The Morgan fingerprint density at radius 2 is 1.70 bits per heavy atom. The van der Waals surface area contributed by atoms with E-state index >= 15 is 0 Å². The van der Waals surface area contributed by atoms with Gasteiger partial charge in [0.2, 0.25) is 0 Å². The molecule has 2 fully saturated rings. The van der Waals surface area contributed by atoms with Gasteiger partial charge >= 0.3 is 6.09 Å². The van der Waals surface area contributed by atoms with Gasteiger partial charge in [0.05, 0.1) is 0 Å². The highest BCUT2D eigenvalue weighted by molar-refractivity contribution is 5.69. The Balaban J connectivity index is 1.58. The van der Waals surface area contributed by atoms with Crippen molar-refractivity contribution in [1.82, 2.24) is 4.90 Å². The highest BCUT2D eigenvalue weighted by Crippen LogP contribution is 2.38. The number of piperidine rings is 1. The third kappa shape index (κ3) is 5.27. The minimum atomic E-state index is -0.449. The minimum absolute atomic E-state index is 0.165. The van der Waals surface area contributed by atoms with Crippen LogP contribution in [0.3, 0.4) is 0 Å². The zero-order valence-electron chi connectivity index (χ0n) is 17.3. The van der Waals surface area contributed by atoms with Gasteiger partial charge in [0.1, 0.15) is 17.5 Å². The summed E-state index contributed by atoms with van der Waals surface area (Å²) in [5.74, 6) is 1.46. The molecule has 0 radical (unpaired) electrons. The van der Waals surface area contributed by atoms with E-state index in [1.54, 1.807) is 0 Å². The molecule has 1 aromatic rings. The molecule has 1 aromatic carbocycles. The second-order valence-electron chi connectivity index (χ2n) is 9.16. The second-order valence-corrected chi connectivity index (χ2v) is 9.16. The van der Waals surface area contributed by atoms with Crippen molar-refractivity contribution in [3.63, 3.8) is 0 Å². The third-order valence-electron chi connectivity index (χ3n) is 5.15. The smallest absolute Gasteiger partial charge is 0.410 e. The molecule has 0 spiro atoms. The Morgan fingerprint density at radius 1 is 1.11 bits per heavy atom. The number of nitrogens with zero attached hydrogens (tertiary/aromatic N) is 1. The van der Waals surface area contributed by atoms with E-state index < -0.39 is 5.60 Å². The summed E-state index contributed by atoms with van der Waals surface area (Å²) in [6, 6.07) is 8.75. The highest BCUT2D eigenvalue weighted by atomic mass is 16.6. The maximum Gasteiger partial charge on any atom is 0.410 e. The fraction of sp³-hybridized carbons (Fsp3) is 0.609. The van der Waals surface area contributed by atoms with Gasteiger partial charge in [0.15, 0.2) is 0 Å². The van der Waals surface area contributed by atoms with Crippen LogP contribution >= 0.6 is 0 Å². The average molecular weight is 372 g/mol. The largest absolute Gasteiger partial charge is 0.490 e. The van der Waals surface area contributed by atoms with Gasteiger partial charge in [0.25, 0.3) is 0 Å². The van der Waals surface area contributed by atoms with Crippen LogP contribution in [0.15, 0.2) is 30.3 Å². The molecule has 148 valence electrons. The number of amides is 1. The predicted molar refractivity (Wildman–Crippen MR) is 109 cm³/mol. The third-order valence-corrected chi connectivity index (χ3v) is 5.15. The zero-order chi connectivity index (χ0) is 19.6. The Kier molecular flexibility index (Phi) is 5.83. The summed E-state index contributed by atoms with van der Waals surface area (Å²) in [6.45, 7) is 10.1. The van der Waals surface area contributed by atoms with Gasteiger partial charge in [-0.2, -0.15) is 0 Å². The van der Waals surface area contributed by atoms with Crippen LogP contribution in [0.2, 0.25) is 0 Å². The summed E-state index contributed by atoms with van der Waals surface area (Å²) in [6.07, 6.45) is 8.18. The molecule has 0 N–H and O–H groups in total. The summed E-state index contributed by atoms with van der Waals surface area (Å²) >= 11 is 0. The van der Waals surface area contributed by atoms with Crippen LogP contribution in [-0.4, -0.2) is 34.8 Å². The lowest BCUT2D eigenvalue weighted by Crippen LogP contribution is -2.50. The van der Waals surface area contributed by atoms with E-state index in [0.717, 1.165) is 31.4 Å². The summed E-state index contributed by atoms with van der Waals surface area (Å²) in [7, 11) is 0. The Hall–Kier alpha value is -1.97. The molecule has 0 aromatic heterocycles. The monoisotopic (exact) mass is 371 g/mol. The first-order chi connectivity index (χ1) is 12.7. The van der Waals surface area contributed by atoms with Gasteiger partial charge in [-0.25, -0.2) is 4.79 Å². The van der Waals surface area contributed by atoms with Crippen molar-refractivity contribution in [3.8, 4) is 5.75 Å². The number of ether oxygens (including phenoxy) is 2. The Morgan fingerprint density at radius 3 is 2.22 bits per heavy atom. The molecule has 0 saturated carbocycles. The number of rotatable bonds is 4. The number of allylic oxidation sites excluding steroid dienone is 1. The van der Waals surface area contributed by atoms with E-state index in [1.807, 2.05) is 37.8 Å². The fourth-order valence-electron chi connectivity index (χ4n) is 3.99. The standard InChI is InChI=1S/C23H33NO3/c1-16(2)6-7-17-8-12-20(13-9-17)26-21-14-18-10-11-19(15-21)24(18)22(25)27-23(3,4)5/h6-9,12-13,16,18-19,21H,10-11,14-15H2,1-5H3/b7-6+/t18-,19+,21+. The molecule has 3 rings (SSSR count). The SMILES string of the molecule is CC(C)/C=C/c1ccc(O[C@H]2C[C@H]3CC[C@@H](C2)N3C(=O)OC(C)(C)C)cc1. The van der Waals surface area contributed by atoms with Gasteiger partial charge in [-0.05, 0) is 57.2 Å². The highest BCUT2D eigenvalue weighted by Gasteiger charge is 2.45. The molecule has 4 heteroatoms. The van der Waals surface area contributed by atoms with Crippen LogP contribution in [0.25, 0.3) is 6.08 Å². The van der Waals surface area contributed by atoms with Crippen molar-refractivity contribution >= 4 is 12.2 Å². The van der Waals surface area contributed by atoms with E-state index in [9.17, 15) is 4.79 Å². The number of carbonyl (C=O) groups excluding carboxylic acids is 1. The molecule has 0 unspecified atom stereocenters. The van der Waals surface area contributed by atoms with Gasteiger partial charge in [0, 0.05) is 24.9 Å². The quantitative estimate of drug-likeness (QED) is 0.685. The van der Waals surface area contributed by atoms with E-state index in [4.69, 9.17) is 9.47 Å². The van der Waals surface area contributed by atoms with Crippen LogP contribution in [0, 0.1) is 5.92 Å². The molecule has 27 heavy (non-hydrogen) atoms. The number of benzene rings is 1. The number of hydrogen-bond acceptors (Lipinski definition) is 3. The lowest BCUT2D eigenvalue weighted by molar-refractivity contribution is -0.00707.